The standard InChI is InChI=1S/C19H23NO6/c1-12(9-13(2)10-18(23)24)3-8-17(22)20-16(19(25)26)11-14-4-6-15(21)7-5-14/h3-9,13,16,21H,10-11H2,1-2H3,(H,20,22)(H,23,24)(H,25,26). The average molecular weight is 361 g/mol. The molecule has 0 saturated heterocycles. The number of carbonyl (C=O) groups is 3. The van der Waals surface area contributed by atoms with Crippen molar-refractivity contribution in [1.29, 1.82) is 0 Å². The highest BCUT2D eigenvalue weighted by molar-refractivity contribution is 5.91. The minimum absolute atomic E-state index is 0.00883. The van der Waals surface area contributed by atoms with Crippen LogP contribution in [0.2, 0.25) is 0 Å². The molecule has 0 aliphatic rings. The van der Waals surface area contributed by atoms with Crippen LogP contribution < -0.4 is 5.32 Å². The van der Waals surface area contributed by atoms with Gasteiger partial charge < -0.3 is 20.6 Å². The van der Waals surface area contributed by atoms with Crippen molar-refractivity contribution in [3.05, 3.63) is 53.6 Å². The number of nitrogens with one attached hydrogen (secondary N) is 1. The predicted molar refractivity (Wildman–Crippen MR) is 95.7 cm³/mol. The number of carbonyl (C=O) groups excluding carboxylic acids is 1. The van der Waals surface area contributed by atoms with Gasteiger partial charge in [-0.2, -0.15) is 0 Å². The molecule has 0 heterocycles. The molecule has 7 heteroatoms. The third kappa shape index (κ3) is 8.14. The van der Waals surface area contributed by atoms with Crippen LogP contribution in [0, 0.1) is 5.92 Å². The molecular weight excluding hydrogens is 338 g/mol. The van der Waals surface area contributed by atoms with Gasteiger partial charge in [0.2, 0.25) is 5.91 Å². The first-order valence-electron chi connectivity index (χ1n) is 8.07. The quantitative estimate of drug-likeness (QED) is 0.394. The van der Waals surface area contributed by atoms with Gasteiger partial charge in [0.05, 0.1) is 6.42 Å². The zero-order valence-corrected chi connectivity index (χ0v) is 14.7. The summed E-state index contributed by atoms with van der Waals surface area (Å²) in [5.41, 5.74) is 1.37. The highest BCUT2D eigenvalue weighted by Gasteiger charge is 2.19. The van der Waals surface area contributed by atoms with Gasteiger partial charge in [0.15, 0.2) is 0 Å². The Labute approximate surface area is 151 Å². The minimum atomic E-state index is -1.16. The lowest BCUT2D eigenvalue weighted by atomic mass is 10.0. The number of benzene rings is 1. The van der Waals surface area contributed by atoms with Crippen molar-refractivity contribution in [2.45, 2.75) is 32.7 Å². The third-order valence-electron chi connectivity index (χ3n) is 3.53. The Morgan fingerprint density at radius 2 is 1.73 bits per heavy atom. The van der Waals surface area contributed by atoms with Crippen LogP contribution in [0.1, 0.15) is 25.8 Å². The molecule has 0 saturated carbocycles. The molecule has 0 aliphatic heterocycles. The number of carboxylic acid groups (broad SMARTS) is 2. The fourth-order valence-electron chi connectivity index (χ4n) is 2.33. The first kappa shape index (κ1) is 21.0. The normalized spacial score (nSPS) is 14.0. The Hall–Kier alpha value is -3.09. The van der Waals surface area contributed by atoms with Gasteiger partial charge in [0.1, 0.15) is 11.8 Å². The number of allylic oxidation sites excluding steroid dienone is 3. The molecular formula is C19H23NO6. The van der Waals surface area contributed by atoms with Crippen molar-refractivity contribution < 1.29 is 29.7 Å². The van der Waals surface area contributed by atoms with Crippen molar-refractivity contribution in [3.8, 4) is 5.75 Å². The summed E-state index contributed by atoms with van der Waals surface area (Å²) in [6, 6.07) is 4.96. The van der Waals surface area contributed by atoms with Gasteiger partial charge in [-0.15, -0.1) is 0 Å². The smallest absolute Gasteiger partial charge is 0.326 e. The van der Waals surface area contributed by atoms with E-state index in [9.17, 15) is 24.6 Å². The number of phenols is 1. The lowest BCUT2D eigenvalue weighted by molar-refractivity contribution is -0.141. The van der Waals surface area contributed by atoms with Crippen LogP contribution >= 0.6 is 0 Å². The van der Waals surface area contributed by atoms with E-state index in [-0.39, 0.29) is 24.5 Å². The number of amides is 1. The van der Waals surface area contributed by atoms with Crippen molar-refractivity contribution in [1.82, 2.24) is 5.32 Å². The van der Waals surface area contributed by atoms with E-state index in [0.717, 1.165) is 0 Å². The molecule has 7 nitrogen and oxygen atoms in total. The molecule has 1 aromatic rings. The van der Waals surface area contributed by atoms with Crippen LogP contribution in [-0.2, 0) is 20.8 Å². The molecule has 1 rings (SSSR count). The van der Waals surface area contributed by atoms with E-state index in [2.05, 4.69) is 5.32 Å². The first-order valence-corrected chi connectivity index (χ1v) is 8.07. The van der Waals surface area contributed by atoms with E-state index >= 15 is 0 Å². The summed E-state index contributed by atoms with van der Waals surface area (Å²) >= 11 is 0. The molecule has 4 N–H and O–H groups in total. The molecule has 2 unspecified atom stereocenters. The Morgan fingerprint density at radius 3 is 2.27 bits per heavy atom. The highest BCUT2D eigenvalue weighted by Crippen LogP contribution is 2.12. The fraction of sp³-hybridized carbons (Fsp3) is 0.316. The van der Waals surface area contributed by atoms with Crippen molar-refractivity contribution >= 4 is 17.8 Å². The SMILES string of the molecule is CC(C=CC(=O)NC(Cc1ccc(O)cc1)C(=O)O)=CC(C)CC(=O)O. The second kappa shape index (κ2) is 10.0. The van der Waals surface area contributed by atoms with Crippen LogP contribution in [-0.4, -0.2) is 39.2 Å². The molecule has 0 aliphatic carbocycles. The Kier molecular flexibility index (Phi) is 8.08. The van der Waals surface area contributed by atoms with Crippen molar-refractivity contribution in [3.63, 3.8) is 0 Å². The van der Waals surface area contributed by atoms with Crippen molar-refractivity contribution in [2.24, 2.45) is 5.92 Å². The first-order chi connectivity index (χ1) is 12.2. The number of aliphatic carboxylic acids is 2. The number of hydrogen-bond acceptors (Lipinski definition) is 4. The summed E-state index contributed by atoms with van der Waals surface area (Å²) in [7, 11) is 0. The molecule has 26 heavy (non-hydrogen) atoms. The van der Waals surface area contributed by atoms with E-state index in [1.165, 1.54) is 24.3 Å². The van der Waals surface area contributed by atoms with Crippen LogP contribution in [0.5, 0.6) is 5.75 Å². The van der Waals surface area contributed by atoms with E-state index in [1.807, 2.05) is 0 Å². The van der Waals surface area contributed by atoms with Gasteiger partial charge in [-0.05, 0) is 30.5 Å². The largest absolute Gasteiger partial charge is 0.508 e. The zero-order chi connectivity index (χ0) is 19.7. The molecule has 1 aromatic carbocycles. The van der Waals surface area contributed by atoms with Gasteiger partial charge in [0, 0.05) is 12.5 Å². The maximum Gasteiger partial charge on any atom is 0.326 e. The van der Waals surface area contributed by atoms with E-state index < -0.39 is 23.9 Å². The van der Waals surface area contributed by atoms with Crippen LogP contribution in [0.3, 0.4) is 0 Å². The number of hydrogen-bond donors (Lipinski definition) is 4. The molecule has 0 spiro atoms. The fourth-order valence-corrected chi connectivity index (χ4v) is 2.33. The maximum absolute atomic E-state index is 11.9. The third-order valence-corrected chi connectivity index (χ3v) is 3.53. The van der Waals surface area contributed by atoms with Gasteiger partial charge >= 0.3 is 11.9 Å². The molecule has 1 amide bonds. The second-order valence-electron chi connectivity index (χ2n) is 6.09. The van der Waals surface area contributed by atoms with Crippen LogP contribution in [0.15, 0.2) is 48.1 Å². The van der Waals surface area contributed by atoms with Crippen LogP contribution in [0.25, 0.3) is 0 Å². The Balaban J connectivity index is 2.66. The predicted octanol–water partition coefficient (Wildman–Crippen LogP) is 2.12. The van der Waals surface area contributed by atoms with E-state index in [1.54, 1.807) is 32.1 Å². The number of rotatable bonds is 9. The summed E-state index contributed by atoms with van der Waals surface area (Å²) < 4.78 is 0. The number of aromatic hydroxyl groups is 1. The molecule has 0 fully saturated rings. The van der Waals surface area contributed by atoms with Crippen LogP contribution in [0.4, 0.5) is 0 Å². The summed E-state index contributed by atoms with van der Waals surface area (Å²) in [4.78, 5) is 33.9. The lowest BCUT2D eigenvalue weighted by Gasteiger charge is -2.13. The second-order valence-corrected chi connectivity index (χ2v) is 6.09. The average Bonchev–Trinajstić information content (AvgIpc) is 2.53. The molecule has 0 bridgehead atoms. The zero-order valence-electron chi connectivity index (χ0n) is 14.7. The van der Waals surface area contributed by atoms with Gasteiger partial charge in [-0.3, -0.25) is 9.59 Å². The minimum Gasteiger partial charge on any atom is -0.508 e. The van der Waals surface area contributed by atoms with Gasteiger partial charge in [0.25, 0.3) is 0 Å². The molecule has 2 atom stereocenters. The summed E-state index contributed by atoms with van der Waals surface area (Å²) in [6.07, 6.45) is 4.52. The Morgan fingerprint density at radius 1 is 1.12 bits per heavy atom. The summed E-state index contributed by atoms with van der Waals surface area (Å²) in [6.45, 7) is 3.48. The van der Waals surface area contributed by atoms with Gasteiger partial charge in [-0.25, -0.2) is 4.79 Å². The summed E-state index contributed by atoms with van der Waals surface area (Å²) in [5, 5.41) is 29.6. The van der Waals surface area contributed by atoms with Gasteiger partial charge in [-0.1, -0.05) is 36.8 Å². The molecule has 0 radical (unpaired) electrons. The Bertz CT molecular complexity index is 705. The topological polar surface area (TPSA) is 124 Å². The van der Waals surface area contributed by atoms with E-state index in [0.29, 0.717) is 11.1 Å². The monoisotopic (exact) mass is 361 g/mol. The van der Waals surface area contributed by atoms with E-state index in [4.69, 9.17) is 5.11 Å². The molecule has 0 aromatic heterocycles. The highest BCUT2D eigenvalue weighted by atomic mass is 16.4. The lowest BCUT2D eigenvalue weighted by Crippen LogP contribution is -2.41. The summed E-state index contributed by atoms with van der Waals surface area (Å²) in [5.74, 6) is -2.73. The van der Waals surface area contributed by atoms with Crippen molar-refractivity contribution in [2.75, 3.05) is 0 Å². The molecule has 140 valence electrons. The number of carboxylic acids is 2. The number of phenolic OH excluding ortho intramolecular Hbond substituents is 1. The maximum atomic E-state index is 11.9.